The molecular weight excluding hydrogens is 226 g/mol. The number of nitrogens with one attached hydrogen (secondary N) is 1. The molecule has 18 heavy (non-hydrogen) atoms. The minimum atomic E-state index is 0.190. The van der Waals surface area contributed by atoms with Gasteiger partial charge in [0.15, 0.2) is 0 Å². The Morgan fingerprint density at radius 1 is 0.944 bits per heavy atom. The van der Waals surface area contributed by atoms with E-state index in [4.69, 9.17) is 0 Å². The Kier molecular flexibility index (Phi) is 3.73. The van der Waals surface area contributed by atoms with E-state index in [1.807, 2.05) is 0 Å². The summed E-state index contributed by atoms with van der Waals surface area (Å²) in [5.74, 6) is 0. The Morgan fingerprint density at radius 3 is 2.44 bits per heavy atom. The van der Waals surface area contributed by atoms with Crippen molar-refractivity contribution in [3.05, 3.63) is 0 Å². The molecule has 2 aliphatic heterocycles. The average Bonchev–Trinajstić information content (AvgIpc) is 2.81. The third kappa shape index (κ3) is 2.63. The predicted molar refractivity (Wildman–Crippen MR) is 71.6 cm³/mol. The molecular formula is C14H25N3O. The zero-order valence-corrected chi connectivity index (χ0v) is 11.2. The minimum absolute atomic E-state index is 0.190. The van der Waals surface area contributed by atoms with Gasteiger partial charge in [0.05, 0.1) is 0 Å². The van der Waals surface area contributed by atoms with Gasteiger partial charge >= 0.3 is 6.03 Å². The Balaban J connectivity index is 1.53. The summed E-state index contributed by atoms with van der Waals surface area (Å²) in [6, 6.07) is 1.27. The van der Waals surface area contributed by atoms with Gasteiger partial charge in [-0.3, -0.25) is 4.90 Å². The summed E-state index contributed by atoms with van der Waals surface area (Å²) in [6.45, 7) is 4.37. The average molecular weight is 251 g/mol. The van der Waals surface area contributed by atoms with E-state index in [9.17, 15) is 4.79 Å². The molecule has 1 atom stereocenters. The number of carbonyl (C=O) groups excluding carboxylic acids is 1. The zero-order valence-electron chi connectivity index (χ0n) is 11.2. The van der Waals surface area contributed by atoms with Crippen molar-refractivity contribution in [3.8, 4) is 0 Å². The highest BCUT2D eigenvalue weighted by Gasteiger charge is 2.32. The van der Waals surface area contributed by atoms with E-state index in [1.54, 1.807) is 0 Å². The molecule has 2 amide bonds. The lowest BCUT2D eigenvalue weighted by atomic mass is 10.00. The number of rotatable bonds is 1. The number of urea groups is 1. The molecule has 2 saturated heterocycles. The maximum atomic E-state index is 12.3. The van der Waals surface area contributed by atoms with Gasteiger partial charge in [-0.1, -0.05) is 12.8 Å². The van der Waals surface area contributed by atoms with Crippen LogP contribution in [0, 0.1) is 0 Å². The van der Waals surface area contributed by atoms with Gasteiger partial charge in [-0.05, 0) is 38.6 Å². The fourth-order valence-electron chi connectivity index (χ4n) is 3.48. The second kappa shape index (κ2) is 5.47. The van der Waals surface area contributed by atoms with Crippen LogP contribution in [0.2, 0.25) is 0 Å². The number of hydrogen-bond donors (Lipinski definition) is 1. The van der Waals surface area contributed by atoms with Crippen LogP contribution in [0.3, 0.4) is 0 Å². The van der Waals surface area contributed by atoms with E-state index >= 15 is 0 Å². The Bertz CT molecular complexity index is 301. The highest BCUT2D eigenvalue weighted by Crippen LogP contribution is 2.22. The summed E-state index contributed by atoms with van der Waals surface area (Å²) in [5.41, 5.74) is 0. The van der Waals surface area contributed by atoms with Crippen molar-refractivity contribution in [2.24, 2.45) is 0 Å². The molecule has 0 spiro atoms. The molecule has 0 aromatic rings. The summed E-state index contributed by atoms with van der Waals surface area (Å²) in [5, 5.41) is 3.22. The molecule has 3 fully saturated rings. The lowest BCUT2D eigenvalue weighted by Crippen LogP contribution is -2.57. The number of hydrogen-bond acceptors (Lipinski definition) is 2. The molecule has 1 aliphatic carbocycles. The summed E-state index contributed by atoms with van der Waals surface area (Å²) in [4.78, 5) is 16.9. The number of nitrogens with zero attached hydrogens (tertiary/aromatic N) is 2. The Hall–Kier alpha value is -0.770. The summed E-state index contributed by atoms with van der Waals surface area (Å²) in [6.07, 6.45) is 8.57. The second-order valence-corrected chi connectivity index (χ2v) is 6.06. The number of carbonyl (C=O) groups is 1. The first-order chi connectivity index (χ1) is 8.83. The van der Waals surface area contributed by atoms with Crippen molar-refractivity contribution in [3.63, 3.8) is 0 Å². The van der Waals surface area contributed by atoms with Gasteiger partial charge in [-0.25, -0.2) is 4.79 Å². The standard InChI is InChI=1S/C14H25N3O/c18-14(15-12-5-1-2-6-12)17-9-4-3-8-16-10-7-13(16)11-17/h12-13H,1-11H2,(H,15,18). The van der Waals surface area contributed by atoms with Crippen molar-refractivity contribution in [2.75, 3.05) is 26.2 Å². The van der Waals surface area contributed by atoms with Crippen molar-refractivity contribution in [1.82, 2.24) is 15.1 Å². The van der Waals surface area contributed by atoms with Gasteiger partial charge < -0.3 is 10.2 Å². The van der Waals surface area contributed by atoms with E-state index in [0.717, 1.165) is 19.5 Å². The van der Waals surface area contributed by atoms with E-state index in [-0.39, 0.29) is 6.03 Å². The van der Waals surface area contributed by atoms with Gasteiger partial charge in [0.1, 0.15) is 0 Å². The summed E-state index contributed by atoms with van der Waals surface area (Å²) < 4.78 is 0. The molecule has 4 heteroatoms. The van der Waals surface area contributed by atoms with Crippen LogP contribution in [0.1, 0.15) is 44.9 Å². The van der Waals surface area contributed by atoms with Crippen LogP contribution < -0.4 is 5.32 Å². The number of fused-ring (bicyclic) bond motifs is 1. The molecule has 4 nitrogen and oxygen atoms in total. The van der Waals surface area contributed by atoms with Crippen molar-refractivity contribution in [2.45, 2.75) is 57.0 Å². The topological polar surface area (TPSA) is 35.6 Å². The largest absolute Gasteiger partial charge is 0.335 e. The van der Waals surface area contributed by atoms with Gasteiger partial charge in [0, 0.05) is 31.7 Å². The molecule has 0 aromatic heterocycles. The smallest absolute Gasteiger partial charge is 0.317 e. The fourth-order valence-corrected chi connectivity index (χ4v) is 3.48. The fraction of sp³-hybridized carbons (Fsp3) is 0.929. The predicted octanol–water partition coefficient (Wildman–Crippen LogP) is 1.81. The molecule has 2 heterocycles. The first kappa shape index (κ1) is 12.3. The molecule has 1 N–H and O–H groups in total. The Morgan fingerprint density at radius 2 is 1.72 bits per heavy atom. The molecule has 3 rings (SSSR count). The highest BCUT2D eigenvalue weighted by molar-refractivity contribution is 5.74. The monoisotopic (exact) mass is 251 g/mol. The van der Waals surface area contributed by atoms with Gasteiger partial charge in [-0.2, -0.15) is 0 Å². The van der Waals surface area contributed by atoms with Gasteiger partial charge in [0.2, 0.25) is 0 Å². The van der Waals surface area contributed by atoms with E-state index in [0.29, 0.717) is 12.1 Å². The SMILES string of the molecule is O=C(NC1CCCC1)N1CCCCN2CCC2C1. The van der Waals surface area contributed by atoms with Gasteiger partial charge in [0.25, 0.3) is 0 Å². The van der Waals surface area contributed by atoms with E-state index in [2.05, 4.69) is 15.1 Å². The first-order valence-corrected chi connectivity index (χ1v) is 7.62. The van der Waals surface area contributed by atoms with Crippen LogP contribution >= 0.6 is 0 Å². The quantitative estimate of drug-likeness (QED) is 0.771. The summed E-state index contributed by atoms with van der Waals surface area (Å²) in [7, 11) is 0. The molecule has 3 aliphatic rings. The normalized spacial score (nSPS) is 30.2. The van der Waals surface area contributed by atoms with Crippen LogP contribution in [0.5, 0.6) is 0 Å². The second-order valence-electron chi connectivity index (χ2n) is 6.06. The third-order valence-electron chi connectivity index (χ3n) is 4.79. The van der Waals surface area contributed by atoms with Crippen LogP contribution in [-0.4, -0.2) is 54.1 Å². The van der Waals surface area contributed by atoms with Crippen LogP contribution in [0.15, 0.2) is 0 Å². The molecule has 102 valence electrons. The molecule has 0 aromatic carbocycles. The minimum Gasteiger partial charge on any atom is -0.335 e. The maximum absolute atomic E-state index is 12.3. The van der Waals surface area contributed by atoms with Crippen LogP contribution in [0.25, 0.3) is 0 Å². The van der Waals surface area contributed by atoms with Crippen molar-refractivity contribution in [1.29, 1.82) is 0 Å². The lowest BCUT2D eigenvalue weighted by Gasteiger charge is -2.45. The van der Waals surface area contributed by atoms with Crippen LogP contribution in [0.4, 0.5) is 4.79 Å². The summed E-state index contributed by atoms with van der Waals surface area (Å²) >= 11 is 0. The van der Waals surface area contributed by atoms with E-state index < -0.39 is 0 Å². The van der Waals surface area contributed by atoms with Crippen molar-refractivity contribution >= 4 is 6.03 Å². The van der Waals surface area contributed by atoms with Gasteiger partial charge in [-0.15, -0.1) is 0 Å². The number of amides is 2. The Labute approximate surface area is 110 Å². The maximum Gasteiger partial charge on any atom is 0.317 e. The van der Waals surface area contributed by atoms with Crippen LogP contribution in [-0.2, 0) is 0 Å². The lowest BCUT2D eigenvalue weighted by molar-refractivity contribution is 0.0499. The molecule has 1 saturated carbocycles. The molecule has 0 bridgehead atoms. The zero-order chi connectivity index (χ0) is 12.4. The molecule has 0 radical (unpaired) electrons. The highest BCUT2D eigenvalue weighted by atomic mass is 16.2. The first-order valence-electron chi connectivity index (χ1n) is 7.62. The van der Waals surface area contributed by atoms with E-state index in [1.165, 1.54) is 51.6 Å². The van der Waals surface area contributed by atoms with Crippen molar-refractivity contribution < 1.29 is 4.79 Å². The molecule has 1 unspecified atom stereocenters. The third-order valence-corrected chi connectivity index (χ3v) is 4.79.